The number of nitrogens with zero attached hydrogens (tertiary/aromatic N) is 3. The number of fused-ring (bicyclic) bond motifs is 1. The van der Waals surface area contributed by atoms with E-state index in [-0.39, 0.29) is 26.7 Å². The largest absolute Gasteiger partial charge is 0.497 e. The predicted molar refractivity (Wildman–Crippen MR) is 147 cm³/mol. The number of halogens is 4. The van der Waals surface area contributed by atoms with Crippen LogP contribution in [0.3, 0.4) is 0 Å². The van der Waals surface area contributed by atoms with Gasteiger partial charge in [-0.1, -0.05) is 30.1 Å². The molecule has 4 aromatic rings. The molecule has 196 valence electrons. The molecule has 0 saturated heterocycles. The summed E-state index contributed by atoms with van der Waals surface area (Å²) in [5.74, 6) is 2.00. The van der Waals surface area contributed by atoms with Crippen LogP contribution in [0.1, 0.15) is 43.6 Å². The first-order valence-electron chi connectivity index (χ1n) is 11.5. The summed E-state index contributed by atoms with van der Waals surface area (Å²) in [7, 11) is 3.21. The Hall–Kier alpha value is -2.75. The molecular formula is C26H26BrCl2FN4O3. The third kappa shape index (κ3) is 5.44. The van der Waals surface area contributed by atoms with Crippen LogP contribution in [0.25, 0.3) is 5.52 Å². The number of anilines is 1. The third-order valence-electron chi connectivity index (χ3n) is 5.83. The van der Waals surface area contributed by atoms with Crippen molar-refractivity contribution in [3.05, 3.63) is 74.1 Å². The van der Waals surface area contributed by atoms with Gasteiger partial charge >= 0.3 is 0 Å². The Labute approximate surface area is 233 Å². The molecule has 2 aromatic carbocycles. The van der Waals surface area contributed by atoms with Crippen molar-refractivity contribution in [2.24, 2.45) is 0 Å². The highest BCUT2D eigenvalue weighted by molar-refractivity contribution is 9.10. The first-order valence-corrected chi connectivity index (χ1v) is 13.0. The summed E-state index contributed by atoms with van der Waals surface area (Å²) < 4.78 is 33.4. The van der Waals surface area contributed by atoms with Crippen molar-refractivity contribution >= 4 is 50.5 Å². The van der Waals surface area contributed by atoms with E-state index in [1.165, 1.54) is 0 Å². The lowest BCUT2D eigenvalue weighted by molar-refractivity contribution is 0.236. The summed E-state index contributed by atoms with van der Waals surface area (Å²) >= 11 is 16.1. The summed E-state index contributed by atoms with van der Waals surface area (Å²) in [5.41, 5.74) is 2.19. The molecule has 0 fully saturated rings. The summed E-state index contributed by atoms with van der Waals surface area (Å²) in [4.78, 5) is 9.13. The summed E-state index contributed by atoms with van der Waals surface area (Å²) in [6.45, 7) is 6.11. The average molecular weight is 612 g/mol. The van der Waals surface area contributed by atoms with Crippen molar-refractivity contribution in [2.75, 3.05) is 19.5 Å². The number of hydrogen-bond donors (Lipinski definition) is 1. The summed E-state index contributed by atoms with van der Waals surface area (Å²) in [5, 5.41) is 3.59. The summed E-state index contributed by atoms with van der Waals surface area (Å²) in [6, 6.07) is 7.17. The molecule has 0 aliphatic rings. The predicted octanol–water partition coefficient (Wildman–Crippen LogP) is 7.51. The maximum atomic E-state index is 14.6. The van der Waals surface area contributed by atoms with Gasteiger partial charge in [-0.25, -0.2) is 14.4 Å². The molecule has 0 aliphatic carbocycles. The molecule has 1 N–H and O–H groups in total. The smallest absolute Gasteiger partial charge is 0.159 e. The second kappa shape index (κ2) is 11.3. The molecular weight excluding hydrogens is 586 g/mol. The van der Waals surface area contributed by atoms with Crippen LogP contribution in [0.5, 0.6) is 17.2 Å². The zero-order valence-electron chi connectivity index (χ0n) is 20.9. The van der Waals surface area contributed by atoms with Crippen molar-refractivity contribution in [3.8, 4) is 17.2 Å². The molecule has 37 heavy (non-hydrogen) atoms. The van der Waals surface area contributed by atoms with Gasteiger partial charge in [0.05, 0.1) is 29.8 Å². The van der Waals surface area contributed by atoms with Crippen LogP contribution in [0, 0.1) is 5.82 Å². The van der Waals surface area contributed by atoms with Crippen LogP contribution in [-0.4, -0.2) is 34.7 Å². The SMILES string of the molecule is COc1ccc(CNc2nccn3c(C(C)c4cc(Cl)c(F)c(Br)c4OC(C)C)nc(Cl)c23)c(OC)c1. The second-order valence-electron chi connectivity index (χ2n) is 8.58. The van der Waals surface area contributed by atoms with Crippen LogP contribution >= 0.6 is 39.1 Å². The fourth-order valence-electron chi connectivity index (χ4n) is 4.04. The molecule has 2 heterocycles. The van der Waals surface area contributed by atoms with Crippen LogP contribution < -0.4 is 19.5 Å². The molecule has 0 saturated carbocycles. The van der Waals surface area contributed by atoms with Gasteiger partial charge in [0.25, 0.3) is 0 Å². The summed E-state index contributed by atoms with van der Waals surface area (Å²) in [6.07, 6.45) is 3.26. The molecule has 0 amide bonds. The van der Waals surface area contributed by atoms with Gasteiger partial charge < -0.3 is 19.5 Å². The van der Waals surface area contributed by atoms with E-state index >= 15 is 0 Å². The van der Waals surface area contributed by atoms with E-state index in [1.54, 1.807) is 32.7 Å². The number of rotatable bonds is 9. The quantitative estimate of drug-likeness (QED) is 0.198. The van der Waals surface area contributed by atoms with Crippen LogP contribution in [-0.2, 0) is 6.54 Å². The zero-order valence-corrected chi connectivity index (χ0v) is 24.0. The Morgan fingerprint density at radius 2 is 1.89 bits per heavy atom. The van der Waals surface area contributed by atoms with Crippen molar-refractivity contribution in [3.63, 3.8) is 0 Å². The first-order chi connectivity index (χ1) is 17.7. The van der Waals surface area contributed by atoms with Crippen molar-refractivity contribution < 1.29 is 18.6 Å². The van der Waals surface area contributed by atoms with E-state index in [0.717, 1.165) is 5.56 Å². The van der Waals surface area contributed by atoms with Gasteiger partial charge in [-0.05, 0) is 48.0 Å². The van der Waals surface area contributed by atoms with E-state index in [4.69, 9.17) is 37.4 Å². The highest BCUT2D eigenvalue weighted by Gasteiger charge is 2.26. The lowest BCUT2D eigenvalue weighted by atomic mass is 9.99. The normalized spacial score (nSPS) is 12.2. The molecule has 0 bridgehead atoms. The van der Waals surface area contributed by atoms with E-state index in [1.807, 2.05) is 43.4 Å². The average Bonchev–Trinajstić information content (AvgIpc) is 3.23. The number of ether oxygens (including phenoxy) is 3. The number of imidazole rings is 1. The van der Waals surface area contributed by atoms with Crippen LogP contribution in [0.15, 0.2) is 41.1 Å². The number of hydrogen-bond acceptors (Lipinski definition) is 6. The minimum absolute atomic E-state index is 0.0192. The Balaban J connectivity index is 1.73. The van der Waals surface area contributed by atoms with Gasteiger partial charge in [0, 0.05) is 42.0 Å². The molecule has 2 aromatic heterocycles. The standard InChI is InChI=1S/C26H26BrCl2FN4O3/c1-13(2)37-23-17(11-18(28)21(30)20(23)27)14(3)26-33-24(29)22-25(31-8-9-34(22)26)32-12-15-6-7-16(35-4)10-19(15)36-5/h6-11,13-14H,12H2,1-5H3,(H,31,32). The second-order valence-corrected chi connectivity index (χ2v) is 10.1. The molecule has 1 unspecified atom stereocenters. The number of aromatic nitrogens is 3. The van der Waals surface area contributed by atoms with Crippen molar-refractivity contribution in [2.45, 2.75) is 39.3 Å². The Morgan fingerprint density at radius 1 is 1.14 bits per heavy atom. The lowest BCUT2D eigenvalue weighted by Crippen LogP contribution is -2.12. The molecule has 7 nitrogen and oxygen atoms in total. The van der Waals surface area contributed by atoms with Gasteiger partial charge in [0.1, 0.15) is 28.6 Å². The topological polar surface area (TPSA) is 69.9 Å². The van der Waals surface area contributed by atoms with E-state index in [9.17, 15) is 4.39 Å². The third-order valence-corrected chi connectivity index (χ3v) is 7.08. The van der Waals surface area contributed by atoms with Crippen molar-refractivity contribution in [1.82, 2.24) is 14.4 Å². The number of nitrogens with one attached hydrogen (secondary N) is 1. The Kier molecular flexibility index (Phi) is 8.36. The Morgan fingerprint density at radius 3 is 2.57 bits per heavy atom. The molecule has 0 aliphatic heterocycles. The fourth-order valence-corrected chi connectivity index (χ4v) is 5.17. The maximum Gasteiger partial charge on any atom is 0.159 e. The zero-order chi connectivity index (χ0) is 26.9. The fraction of sp³-hybridized carbons (Fsp3) is 0.308. The molecule has 11 heteroatoms. The monoisotopic (exact) mass is 610 g/mol. The highest BCUT2D eigenvalue weighted by Crippen LogP contribution is 2.42. The first kappa shape index (κ1) is 27.3. The lowest BCUT2D eigenvalue weighted by Gasteiger charge is -2.21. The maximum absolute atomic E-state index is 14.6. The van der Waals surface area contributed by atoms with Gasteiger partial charge in [0.2, 0.25) is 0 Å². The van der Waals surface area contributed by atoms with Gasteiger partial charge in [-0.2, -0.15) is 0 Å². The number of methoxy groups -OCH3 is 2. The van der Waals surface area contributed by atoms with E-state index < -0.39 is 5.82 Å². The highest BCUT2D eigenvalue weighted by atomic mass is 79.9. The van der Waals surface area contributed by atoms with E-state index in [2.05, 4.69) is 31.2 Å². The molecule has 0 spiro atoms. The van der Waals surface area contributed by atoms with Gasteiger partial charge in [-0.15, -0.1) is 0 Å². The Bertz CT molecular complexity index is 1450. The molecule has 1 atom stereocenters. The van der Waals surface area contributed by atoms with Gasteiger partial charge in [0.15, 0.2) is 16.8 Å². The molecule has 0 radical (unpaired) electrons. The molecule has 4 rings (SSSR count). The number of benzene rings is 2. The van der Waals surface area contributed by atoms with Crippen molar-refractivity contribution in [1.29, 1.82) is 0 Å². The van der Waals surface area contributed by atoms with Crippen LogP contribution in [0.2, 0.25) is 10.2 Å². The minimum Gasteiger partial charge on any atom is -0.497 e. The van der Waals surface area contributed by atoms with Crippen LogP contribution in [0.4, 0.5) is 10.2 Å². The minimum atomic E-state index is -0.580. The van der Waals surface area contributed by atoms with Gasteiger partial charge in [-0.3, -0.25) is 4.40 Å². The van der Waals surface area contributed by atoms with E-state index in [0.29, 0.717) is 46.5 Å².